The summed E-state index contributed by atoms with van der Waals surface area (Å²) >= 11 is 3.36. The van der Waals surface area contributed by atoms with Crippen LogP contribution in [0.3, 0.4) is 0 Å². The summed E-state index contributed by atoms with van der Waals surface area (Å²) in [5, 5.41) is 56.4. The molecule has 0 radical (unpaired) electrons. The molecule has 40 heteroatoms. The number of carbonyl (C=O) groups is 5. The molecule has 24 nitrogen and oxygen atoms in total. The zero-order chi connectivity index (χ0) is 105. The Hall–Kier alpha value is -17.7. The molecular formula is C108H81BrF15N17O7. The molecule has 20 aromatic rings. The number of benzene rings is 13. The van der Waals surface area contributed by atoms with Crippen molar-refractivity contribution in [2.75, 3.05) is 26.6 Å². The number of anilines is 5. The van der Waals surface area contributed by atoms with Gasteiger partial charge in [0.25, 0.3) is 29.5 Å². The number of aromatic hydroxyl groups is 1. The first-order valence-corrected chi connectivity index (χ1v) is 45.7. The number of phenolic OH excluding ortho intramolecular Hbond substituents is 1. The molecule has 0 unspecified atom stereocenters. The van der Waals surface area contributed by atoms with Crippen molar-refractivity contribution >= 4 is 129 Å². The highest BCUT2D eigenvalue weighted by molar-refractivity contribution is 9.10. The molecule has 0 fully saturated rings. The van der Waals surface area contributed by atoms with Crippen LogP contribution in [0.2, 0.25) is 0 Å². The van der Waals surface area contributed by atoms with Crippen molar-refractivity contribution in [3.8, 4) is 5.75 Å². The van der Waals surface area contributed by atoms with E-state index in [2.05, 4.69) is 78.2 Å². The Labute approximate surface area is 838 Å². The van der Waals surface area contributed by atoms with Crippen molar-refractivity contribution in [1.82, 2.24) is 59.1 Å². The molecule has 5 amide bonds. The number of hydrogen-bond donors (Lipinski definition) is 7. The Kier molecular flexibility index (Phi) is 30.6. The van der Waals surface area contributed by atoms with Gasteiger partial charge in [0.2, 0.25) is 0 Å². The third-order valence-corrected chi connectivity index (χ3v) is 24.0. The van der Waals surface area contributed by atoms with Crippen LogP contribution < -0.4 is 26.6 Å². The van der Waals surface area contributed by atoms with Crippen LogP contribution in [0, 0.1) is 20.8 Å². The number of fused-ring (bicyclic) bond motifs is 5. The van der Waals surface area contributed by atoms with E-state index in [-0.39, 0.29) is 67.7 Å². The van der Waals surface area contributed by atoms with Gasteiger partial charge >= 0.3 is 30.9 Å². The lowest BCUT2D eigenvalue weighted by molar-refractivity contribution is -0.138. The zero-order valence-electron chi connectivity index (χ0n) is 77.7. The fourth-order valence-electron chi connectivity index (χ4n) is 15.8. The van der Waals surface area contributed by atoms with Crippen molar-refractivity contribution in [3.05, 3.63) is 439 Å². The van der Waals surface area contributed by atoms with E-state index >= 15 is 0 Å². The number of rotatable bonds is 20. The van der Waals surface area contributed by atoms with Crippen LogP contribution in [-0.4, -0.2) is 93.7 Å². The smallest absolute Gasteiger partial charge is 0.416 e. The largest absolute Gasteiger partial charge is 0.507 e. The number of halogens is 16. The van der Waals surface area contributed by atoms with E-state index < -0.39 is 64.6 Å². The quantitative estimate of drug-likeness (QED) is 0.0350. The topological polar surface area (TPSA) is 297 Å². The maximum Gasteiger partial charge on any atom is 0.416 e. The lowest BCUT2D eigenvalue weighted by Gasteiger charge is -2.08. The number of aromatic nitrogens is 12. The Morgan fingerprint density at radius 2 is 0.541 bits per heavy atom. The number of para-hydroxylation sites is 6. The van der Waals surface area contributed by atoms with Gasteiger partial charge in [-0.05, 0) is 228 Å². The van der Waals surface area contributed by atoms with Crippen LogP contribution in [0.15, 0.2) is 343 Å². The van der Waals surface area contributed by atoms with Gasteiger partial charge in [0.15, 0.2) is 29.1 Å². The number of aryl methyl sites for hydroxylation is 3. The van der Waals surface area contributed by atoms with Gasteiger partial charge in [0.05, 0.1) is 123 Å². The van der Waals surface area contributed by atoms with Crippen molar-refractivity contribution < 1.29 is 99.4 Å². The monoisotopic (exact) mass is 2090 g/mol. The zero-order valence-corrected chi connectivity index (χ0v) is 79.2. The number of amides is 5. The number of nitrogens with one attached hydrogen (secondary N) is 6. The molecule has 7 aromatic heterocycles. The minimum Gasteiger partial charge on any atom is -0.507 e. The lowest BCUT2D eigenvalue weighted by Crippen LogP contribution is -2.14. The molecule has 0 atom stereocenters. The second-order valence-electron chi connectivity index (χ2n) is 33.5. The number of nitrogens with zero attached hydrogens (tertiary/aromatic N) is 11. The Bertz CT molecular complexity index is 7560. The summed E-state index contributed by atoms with van der Waals surface area (Å²) in [6.07, 6.45) is -19.0. The van der Waals surface area contributed by atoms with Crippen molar-refractivity contribution in [1.29, 1.82) is 0 Å². The third kappa shape index (κ3) is 24.7. The Morgan fingerprint density at radius 1 is 0.297 bits per heavy atom. The summed E-state index contributed by atoms with van der Waals surface area (Å²) in [4.78, 5) is 63.0. The van der Waals surface area contributed by atoms with Gasteiger partial charge in [-0.15, -0.1) is 0 Å². The number of phenols is 1. The van der Waals surface area contributed by atoms with Crippen LogP contribution in [-0.2, 0) is 63.6 Å². The van der Waals surface area contributed by atoms with Crippen LogP contribution in [0.25, 0.3) is 54.5 Å². The predicted molar refractivity (Wildman–Crippen MR) is 531 cm³/mol. The molecule has 13 aromatic carbocycles. The summed E-state index contributed by atoms with van der Waals surface area (Å²) in [5.74, 6) is 0.399. The highest BCUT2D eigenvalue weighted by atomic mass is 79.9. The van der Waals surface area contributed by atoms with Gasteiger partial charge in [0, 0.05) is 42.7 Å². The summed E-state index contributed by atoms with van der Waals surface area (Å²) in [5.41, 5.74) is 7.00. The van der Waals surface area contributed by atoms with E-state index in [1.807, 2.05) is 134 Å². The summed E-state index contributed by atoms with van der Waals surface area (Å²) in [7, 11) is 0. The van der Waals surface area contributed by atoms with Gasteiger partial charge in [-0.1, -0.05) is 164 Å². The highest BCUT2D eigenvalue weighted by Gasteiger charge is 2.35. The average Bonchev–Trinajstić information content (AvgIpc) is 1.66. The number of carbonyl (C=O) groups excluding carboxylic acids is 5. The van der Waals surface area contributed by atoms with E-state index in [1.54, 1.807) is 97.9 Å². The minimum atomic E-state index is -4.39. The molecule has 148 heavy (non-hydrogen) atoms. The molecule has 7 heterocycles. The van der Waals surface area contributed by atoms with E-state index in [9.17, 15) is 94.9 Å². The molecule has 20 rings (SSSR count). The van der Waals surface area contributed by atoms with E-state index in [0.29, 0.717) is 106 Å². The molecule has 0 aliphatic heterocycles. The number of H-pyrrole nitrogens is 1. The second-order valence-corrected chi connectivity index (χ2v) is 34.3. The number of aromatic amines is 1. The Morgan fingerprint density at radius 3 is 0.804 bits per heavy atom. The van der Waals surface area contributed by atoms with Gasteiger partial charge in [-0.2, -0.15) is 96.4 Å². The van der Waals surface area contributed by atoms with E-state index in [0.717, 1.165) is 110 Å². The molecule has 7 N–H and O–H groups in total. The number of hydrogen-bond acceptors (Lipinski definition) is 13. The van der Waals surface area contributed by atoms with Gasteiger partial charge in [-0.3, -0.25) is 52.5 Å². The molecule has 0 aliphatic carbocycles. The van der Waals surface area contributed by atoms with Crippen molar-refractivity contribution in [2.45, 2.75) is 84.4 Å². The first-order valence-electron chi connectivity index (χ1n) is 44.9. The summed E-state index contributed by atoms with van der Waals surface area (Å²) in [6.45, 7) is 6.59. The molecular weight excluding hydrogens is 2010 g/mol. The van der Waals surface area contributed by atoms with Crippen LogP contribution in [0.1, 0.15) is 124 Å². The van der Waals surface area contributed by atoms with E-state index in [4.69, 9.17) is 4.42 Å². The fourth-order valence-corrected chi connectivity index (χ4v) is 16.2. The molecule has 752 valence electrons. The predicted octanol–water partition coefficient (Wildman–Crippen LogP) is 26.5. The number of furan rings is 1. The standard InChI is InChI=1S/C23H18F3N3O.C22H15BrF3N3O.C22H16F3N3O2.C21H16F3N3O2.C20H16F3N5O/c1-15-6-2-3-7-18(15)22(30)27-21-19-8-4-5-9-20(19)29(28-21)14-16-10-12-17(13-11-16)23(24,25)26;23-18-7-3-1-5-16(18)21(30)27-20-17-6-2-4-8-19(17)29(28-20)13-14-9-11-15(12-10-14)22(24,25)26;23-22(24,25)15-11-9-14(10-12-15)13-28-18-7-3-1-5-16(18)20(27-28)26-21(30)17-6-2-4-8-19(17)29;1-13-16(10-11-29-13)20(28)25-19-17-4-2-3-5-18(17)27(26-19)12-14-6-8-15(9-7-14)21(22,23)24;1-12-16(10-24-26-12)19(29)25-18-15-4-2-3-5-17(15)28(27-18)11-13-6-8-14(9-7-13)20(21,22)23/h2-13H,14H2,1H3,(H,27,28,30);1-12H,13H2,(H,27,28,30);1-12,29H,13H2,(H,26,27,30);2-11H,12H2,1H3,(H,25,26,28);2-10H,11H2,1H3,(H,24,26)(H,25,27,29). The molecule has 0 aliphatic rings. The van der Waals surface area contributed by atoms with Crippen molar-refractivity contribution in [2.24, 2.45) is 0 Å². The first kappa shape index (κ1) is 103. The fraction of sp³-hybridized carbons (Fsp3) is 0.120. The van der Waals surface area contributed by atoms with Crippen molar-refractivity contribution in [3.63, 3.8) is 0 Å². The highest BCUT2D eigenvalue weighted by Crippen LogP contribution is 2.38. The molecule has 0 bridgehead atoms. The van der Waals surface area contributed by atoms with Gasteiger partial charge in [0.1, 0.15) is 11.5 Å². The maximum atomic E-state index is 12.8. The summed E-state index contributed by atoms with van der Waals surface area (Å²) in [6, 6.07) is 83.3. The number of alkyl halides is 15. The van der Waals surface area contributed by atoms with Crippen LogP contribution in [0.5, 0.6) is 5.75 Å². The second kappa shape index (κ2) is 43.8. The maximum absolute atomic E-state index is 12.8. The third-order valence-electron chi connectivity index (χ3n) is 23.4. The average molecular weight is 2090 g/mol. The van der Waals surface area contributed by atoms with Gasteiger partial charge < -0.3 is 36.1 Å². The normalized spacial score (nSPS) is 11.6. The van der Waals surface area contributed by atoms with E-state index in [1.165, 1.54) is 85.3 Å². The molecule has 0 saturated carbocycles. The first-order chi connectivity index (χ1) is 70.6. The minimum absolute atomic E-state index is 0.110. The summed E-state index contributed by atoms with van der Waals surface area (Å²) < 4.78 is 206. The van der Waals surface area contributed by atoms with Crippen LogP contribution >= 0.6 is 15.9 Å². The molecule has 0 spiro atoms. The molecule has 0 saturated heterocycles. The lowest BCUT2D eigenvalue weighted by atomic mass is 10.1. The Balaban J connectivity index is 0.000000132. The van der Waals surface area contributed by atoms with Crippen LogP contribution in [0.4, 0.5) is 94.9 Å². The SMILES string of the molecule is Cc1[nH]ncc1C(=O)Nc1nn(Cc2ccc(C(F)(F)F)cc2)c2ccccc12.Cc1ccccc1C(=O)Nc1nn(Cc2ccc(C(F)(F)F)cc2)c2ccccc12.Cc1occc1C(=O)Nc1nn(Cc2ccc(C(F)(F)F)cc2)c2ccccc12.O=C(Nc1nn(Cc2ccc(C(F)(F)F)cc2)c2ccccc12)c1ccccc1Br.O=C(Nc1nn(Cc2ccc(C(F)(F)F)cc2)c2ccccc12)c1ccccc1O. The van der Waals surface area contributed by atoms with Gasteiger partial charge in [-0.25, -0.2) is 0 Å².